The number of nitrogens with one attached hydrogen (secondary N) is 1. The first-order valence-electron chi connectivity index (χ1n) is 13.2. The first-order valence-corrected chi connectivity index (χ1v) is 16.0. The van der Waals surface area contributed by atoms with Crippen LogP contribution in [0.1, 0.15) is 66.4 Å². The normalized spacial score (nSPS) is 15.8. The Morgan fingerprint density at radius 1 is 1.05 bits per heavy atom. The number of carboxylic acid groups (broad SMARTS) is 1. The molecule has 1 fully saturated rings. The number of hydrogen-bond donors (Lipinski definition) is 2. The molecule has 1 aliphatic rings. The van der Waals surface area contributed by atoms with E-state index >= 15 is 0 Å². The summed E-state index contributed by atoms with van der Waals surface area (Å²) in [6.45, 7) is 2.52. The zero-order valence-corrected chi connectivity index (χ0v) is 24.0. The highest BCUT2D eigenvalue weighted by atomic mass is 32.2. The Labute approximate surface area is 230 Å². The number of thioether (sulfide) groups is 2. The number of benzene rings is 2. The molecule has 0 bridgehead atoms. The summed E-state index contributed by atoms with van der Waals surface area (Å²) in [7, 11) is 0. The van der Waals surface area contributed by atoms with E-state index < -0.39 is 12.0 Å². The van der Waals surface area contributed by atoms with E-state index in [-0.39, 0.29) is 12.0 Å². The zero-order chi connectivity index (χ0) is 26.6. The van der Waals surface area contributed by atoms with Crippen LogP contribution in [0.15, 0.2) is 42.5 Å². The maximum Gasteiger partial charge on any atom is 0.326 e. The average Bonchev–Trinajstić information content (AvgIpc) is 2.90. The molecule has 2 unspecified atom stereocenters. The van der Waals surface area contributed by atoms with Crippen LogP contribution in [0.2, 0.25) is 0 Å². The molecule has 37 heavy (non-hydrogen) atoms. The molecule has 7 heteroatoms. The Morgan fingerprint density at radius 3 is 2.49 bits per heavy atom. The molecule has 0 spiro atoms. The minimum atomic E-state index is -1.01. The van der Waals surface area contributed by atoms with E-state index in [2.05, 4.69) is 11.6 Å². The minimum Gasteiger partial charge on any atom is -0.480 e. The minimum absolute atomic E-state index is 0.218. The lowest BCUT2D eigenvalue weighted by Gasteiger charge is -2.26. The Bertz CT molecular complexity index is 1020. The molecule has 1 aliphatic carbocycles. The Kier molecular flexibility index (Phi) is 12.4. The van der Waals surface area contributed by atoms with Crippen molar-refractivity contribution in [3.63, 3.8) is 0 Å². The van der Waals surface area contributed by atoms with E-state index in [4.69, 9.17) is 4.74 Å². The van der Waals surface area contributed by atoms with Gasteiger partial charge in [-0.15, -0.1) is 0 Å². The molecule has 5 nitrogen and oxygen atoms in total. The summed E-state index contributed by atoms with van der Waals surface area (Å²) >= 11 is 3.39. The van der Waals surface area contributed by atoms with Crippen molar-refractivity contribution in [2.75, 3.05) is 24.0 Å². The standard InChI is InChI=1S/C30H41NO4S2/c1-21-9-7-8-12-25(21)27-18-23(19-35-24(20-37-3)17-22-10-5-4-6-11-22)13-14-26(27)29(32)31-28(30(33)34)15-16-36-2/h7-9,12-14,18,22,24,28H,4-6,10-11,15-17,19-20H2,1-3H3,(H,31,32)(H,33,34). The third-order valence-corrected chi connectivity index (χ3v) is 8.49. The van der Waals surface area contributed by atoms with Gasteiger partial charge < -0.3 is 15.2 Å². The zero-order valence-electron chi connectivity index (χ0n) is 22.3. The highest BCUT2D eigenvalue weighted by molar-refractivity contribution is 7.98. The number of hydrogen-bond acceptors (Lipinski definition) is 5. The fraction of sp³-hybridized carbons (Fsp3) is 0.533. The van der Waals surface area contributed by atoms with Crippen molar-refractivity contribution >= 4 is 35.4 Å². The number of aryl methyl sites for hydroxylation is 1. The van der Waals surface area contributed by atoms with Crippen molar-refractivity contribution in [2.24, 2.45) is 5.92 Å². The second kappa shape index (κ2) is 15.5. The van der Waals surface area contributed by atoms with Crippen LogP contribution in [-0.2, 0) is 16.1 Å². The predicted molar refractivity (Wildman–Crippen MR) is 157 cm³/mol. The van der Waals surface area contributed by atoms with Crippen molar-refractivity contribution in [1.82, 2.24) is 5.32 Å². The second-order valence-corrected chi connectivity index (χ2v) is 11.9. The number of carbonyl (C=O) groups excluding carboxylic acids is 1. The van der Waals surface area contributed by atoms with Gasteiger partial charge in [0.15, 0.2) is 0 Å². The first-order chi connectivity index (χ1) is 17.9. The number of aliphatic carboxylic acids is 1. The molecule has 0 radical (unpaired) electrons. The molecule has 202 valence electrons. The summed E-state index contributed by atoms with van der Waals surface area (Å²) in [4.78, 5) is 25.0. The summed E-state index contributed by atoms with van der Waals surface area (Å²) < 4.78 is 6.43. The quantitative estimate of drug-likeness (QED) is 0.272. The van der Waals surface area contributed by atoms with Gasteiger partial charge in [-0.25, -0.2) is 4.79 Å². The fourth-order valence-corrected chi connectivity index (χ4v) is 6.16. The monoisotopic (exact) mass is 543 g/mol. The maximum absolute atomic E-state index is 13.3. The number of ether oxygens (including phenoxy) is 1. The maximum atomic E-state index is 13.3. The van der Waals surface area contributed by atoms with Gasteiger partial charge in [-0.05, 0) is 78.3 Å². The molecule has 0 heterocycles. The molecule has 3 rings (SSSR count). The molecule has 2 aromatic rings. The number of carboxylic acids is 1. The average molecular weight is 544 g/mol. The van der Waals surface area contributed by atoms with Crippen LogP contribution in [-0.4, -0.2) is 53.1 Å². The van der Waals surface area contributed by atoms with Crippen molar-refractivity contribution in [2.45, 2.75) is 70.6 Å². The van der Waals surface area contributed by atoms with Crippen molar-refractivity contribution in [3.05, 3.63) is 59.2 Å². The van der Waals surface area contributed by atoms with Gasteiger partial charge in [0.2, 0.25) is 0 Å². The lowest BCUT2D eigenvalue weighted by molar-refractivity contribution is -0.139. The van der Waals surface area contributed by atoms with Crippen LogP contribution in [0.3, 0.4) is 0 Å². The van der Waals surface area contributed by atoms with Crippen LogP contribution < -0.4 is 5.32 Å². The summed E-state index contributed by atoms with van der Waals surface area (Å²) in [5, 5.41) is 12.4. The van der Waals surface area contributed by atoms with E-state index in [1.807, 2.05) is 67.4 Å². The van der Waals surface area contributed by atoms with Crippen molar-refractivity contribution in [1.29, 1.82) is 0 Å². The van der Waals surface area contributed by atoms with Gasteiger partial charge in [0.1, 0.15) is 6.04 Å². The Hall–Kier alpha value is -1.96. The molecular weight excluding hydrogens is 502 g/mol. The van der Waals surface area contributed by atoms with Crippen LogP contribution in [0.25, 0.3) is 11.1 Å². The summed E-state index contributed by atoms with van der Waals surface area (Å²) in [6, 6.07) is 12.8. The van der Waals surface area contributed by atoms with Gasteiger partial charge in [0, 0.05) is 11.3 Å². The van der Waals surface area contributed by atoms with E-state index in [0.717, 1.165) is 40.3 Å². The van der Waals surface area contributed by atoms with Gasteiger partial charge in [0.05, 0.1) is 12.7 Å². The number of carbonyl (C=O) groups is 2. The molecule has 0 aromatic heterocycles. The first kappa shape index (κ1) is 29.6. The van der Waals surface area contributed by atoms with E-state index in [1.54, 1.807) is 11.8 Å². The van der Waals surface area contributed by atoms with Gasteiger partial charge in [0.25, 0.3) is 5.91 Å². The Balaban J connectivity index is 1.82. The third kappa shape index (κ3) is 9.08. The van der Waals surface area contributed by atoms with Gasteiger partial charge in [-0.3, -0.25) is 4.79 Å². The van der Waals surface area contributed by atoms with Crippen LogP contribution in [0.5, 0.6) is 0 Å². The molecule has 0 aliphatic heterocycles. The SMILES string of the molecule is CSCCC(NC(=O)c1ccc(COC(CSC)CC2CCCCC2)cc1-c1ccccc1C)C(=O)O. The van der Waals surface area contributed by atoms with Crippen LogP contribution in [0, 0.1) is 12.8 Å². The predicted octanol–water partition coefficient (Wildman–Crippen LogP) is 6.82. The Morgan fingerprint density at radius 2 is 1.81 bits per heavy atom. The third-order valence-electron chi connectivity index (χ3n) is 7.14. The summed E-state index contributed by atoms with van der Waals surface area (Å²) in [5.74, 6) is 1.03. The summed E-state index contributed by atoms with van der Waals surface area (Å²) in [5.41, 5.74) is 4.33. The smallest absolute Gasteiger partial charge is 0.326 e. The molecule has 1 amide bonds. The fourth-order valence-electron chi connectivity index (χ4n) is 5.08. The van der Waals surface area contributed by atoms with Crippen LogP contribution >= 0.6 is 23.5 Å². The molecule has 2 atom stereocenters. The van der Waals surface area contributed by atoms with Crippen molar-refractivity contribution < 1.29 is 19.4 Å². The highest BCUT2D eigenvalue weighted by Crippen LogP contribution is 2.31. The van der Waals surface area contributed by atoms with Gasteiger partial charge in [-0.2, -0.15) is 23.5 Å². The second-order valence-electron chi connectivity index (χ2n) is 9.97. The number of rotatable bonds is 14. The topological polar surface area (TPSA) is 75.6 Å². The lowest BCUT2D eigenvalue weighted by atomic mass is 9.85. The van der Waals surface area contributed by atoms with E-state index in [0.29, 0.717) is 24.3 Å². The largest absolute Gasteiger partial charge is 0.480 e. The lowest BCUT2D eigenvalue weighted by Crippen LogP contribution is -2.41. The van der Waals surface area contributed by atoms with Gasteiger partial charge in [-0.1, -0.05) is 62.4 Å². The van der Waals surface area contributed by atoms with E-state index in [9.17, 15) is 14.7 Å². The molecule has 1 saturated carbocycles. The van der Waals surface area contributed by atoms with Crippen LogP contribution in [0.4, 0.5) is 0 Å². The molecular formula is C30H41NO4S2. The van der Waals surface area contributed by atoms with Gasteiger partial charge >= 0.3 is 5.97 Å². The highest BCUT2D eigenvalue weighted by Gasteiger charge is 2.23. The van der Waals surface area contributed by atoms with E-state index in [1.165, 1.54) is 32.1 Å². The number of amides is 1. The molecule has 2 N–H and O–H groups in total. The molecule has 0 saturated heterocycles. The summed E-state index contributed by atoms with van der Waals surface area (Å²) in [6.07, 6.45) is 12.4. The molecule has 2 aromatic carbocycles. The van der Waals surface area contributed by atoms with Crippen molar-refractivity contribution in [3.8, 4) is 11.1 Å².